The summed E-state index contributed by atoms with van der Waals surface area (Å²) in [5, 5.41) is 0.0403. The van der Waals surface area contributed by atoms with Gasteiger partial charge >= 0.3 is 5.97 Å². The van der Waals surface area contributed by atoms with Gasteiger partial charge < -0.3 is 18.6 Å². The number of rotatable bonds is 9. The lowest BCUT2D eigenvalue weighted by molar-refractivity contribution is -0.158. The van der Waals surface area contributed by atoms with Crippen LogP contribution >= 0.6 is 0 Å². The molecule has 39 heavy (non-hydrogen) atoms. The van der Waals surface area contributed by atoms with Crippen LogP contribution in [0.3, 0.4) is 0 Å². The fourth-order valence-corrected chi connectivity index (χ4v) is 4.92. The van der Waals surface area contributed by atoms with Crippen LogP contribution < -0.4 is 0 Å². The highest BCUT2D eigenvalue weighted by Gasteiger charge is 2.39. The van der Waals surface area contributed by atoms with Crippen molar-refractivity contribution in [2.75, 3.05) is 6.61 Å². The molecule has 0 saturated carbocycles. The lowest BCUT2D eigenvalue weighted by Crippen LogP contribution is -2.45. The minimum atomic E-state index is -2.07. The summed E-state index contributed by atoms with van der Waals surface area (Å²) < 4.78 is 25.3. The second-order valence-corrected chi connectivity index (χ2v) is 16.5. The van der Waals surface area contributed by atoms with Gasteiger partial charge in [-0.2, -0.15) is 0 Å². The third-order valence-corrected chi connectivity index (χ3v) is 12.0. The maximum Gasteiger partial charge on any atom is 0.306 e. The first-order valence-corrected chi connectivity index (χ1v) is 17.0. The van der Waals surface area contributed by atoms with Gasteiger partial charge in [-0.15, -0.1) is 0 Å². The molecule has 1 heterocycles. The van der Waals surface area contributed by atoms with Crippen LogP contribution in [0.2, 0.25) is 18.1 Å². The number of carbonyl (C=O) groups is 1. The van der Waals surface area contributed by atoms with Crippen LogP contribution in [0.15, 0.2) is 85.0 Å². The first-order valence-electron chi connectivity index (χ1n) is 14.1. The second kappa shape index (κ2) is 15.3. The van der Waals surface area contributed by atoms with Gasteiger partial charge in [-0.3, -0.25) is 4.79 Å². The first-order chi connectivity index (χ1) is 18.6. The Bertz CT molecular complexity index is 1040. The van der Waals surface area contributed by atoms with E-state index in [0.29, 0.717) is 26.2 Å². The van der Waals surface area contributed by atoms with E-state index in [1.807, 2.05) is 60.7 Å². The van der Waals surface area contributed by atoms with Crippen LogP contribution in [0.1, 0.15) is 57.6 Å². The van der Waals surface area contributed by atoms with E-state index in [2.05, 4.69) is 58.2 Å². The Balaban J connectivity index is 1.85. The molecule has 0 aromatic heterocycles. The number of carbonyl (C=O) groups excluding carboxylic acids is 1. The average Bonchev–Trinajstić information content (AvgIpc) is 2.92. The topological polar surface area (TPSA) is 54.0 Å². The number of esters is 1. The van der Waals surface area contributed by atoms with E-state index in [0.717, 1.165) is 30.4 Å². The Morgan fingerprint density at radius 2 is 1.49 bits per heavy atom. The third kappa shape index (κ3) is 10.9. The summed E-state index contributed by atoms with van der Waals surface area (Å²) in [4.78, 5) is 12.9. The van der Waals surface area contributed by atoms with E-state index in [-0.39, 0.29) is 17.1 Å². The van der Waals surface area contributed by atoms with Crippen LogP contribution in [0, 0.1) is 0 Å². The largest absolute Gasteiger partial charge is 0.457 e. The number of hydrogen-bond acceptors (Lipinski definition) is 5. The SMILES string of the molecule is CC(C)(C)[Si](C)(C)OC[C@H]1OC(=O)CCC/C=C\C[C@H](OCc2ccccc2)/C=C/[C@@H]1OCc1ccccc1. The number of hydrogen-bond donors (Lipinski definition) is 0. The summed E-state index contributed by atoms with van der Waals surface area (Å²) in [6, 6.07) is 20.2. The van der Waals surface area contributed by atoms with E-state index in [1.54, 1.807) is 0 Å². The maximum atomic E-state index is 12.9. The summed E-state index contributed by atoms with van der Waals surface area (Å²) >= 11 is 0. The van der Waals surface area contributed by atoms with Crippen LogP contribution in [0.25, 0.3) is 0 Å². The van der Waals surface area contributed by atoms with Crippen molar-refractivity contribution >= 4 is 14.3 Å². The normalized spacial score (nSPS) is 23.1. The van der Waals surface area contributed by atoms with Crippen molar-refractivity contribution < 1.29 is 23.4 Å². The summed E-state index contributed by atoms with van der Waals surface area (Å²) in [5.41, 5.74) is 2.19. The monoisotopic (exact) mass is 550 g/mol. The quantitative estimate of drug-likeness (QED) is 0.181. The van der Waals surface area contributed by atoms with Gasteiger partial charge in [0.15, 0.2) is 14.4 Å². The van der Waals surface area contributed by atoms with Gasteiger partial charge in [-0.25, -0.2) is 0 Å². The molecule has 212 valence electrons. The molecule has 0 bridgehead atoms. The van der Waals surface area contributed by atoms with Crippen molar-refractivity contribution in [1.29, 1.82) is 0 Å². The van der Waals surface area contributed by atoms with Gasteiger partial charge in [-0.05, 0) is 48.5 Å². The molecule has 0 fully saturated rings. The zero-order valence-corrected chi connectivity index (χ0v) is 25.3. The van der Waals surface area contributed by atoms with Gasteiger partial charge in [0.1, 0.15) is 6.10 Å². The second-order valence-electron chi connectivity index (χ2n) is 11.7. The minimum Gasteiger partial charge on any atom is -0.457 e. The Morgan fingerprint density at radius 1 is 0.872 bits per heavy atom. The first kappa shape index (κ1) is 31.0. The molecule has 0 N–H and O–H groups in total. The number of allylic oxidation sites excluding steroid dienone is 1. The van der Waals surface area contributed by atoms with Crippen molar-refractivity contribution in [3.8, 4) is 0 Å². The molecule has 0 aliphatic carbocycles. The van der Waals surface area contributed by atoms with E-state index in [4.69, 9.17) is 18.6 Å². The molecule has 1 aliphatic heterocycles. The molecule has 3 rings (SSSR count). The molecular formula is C33H46O5Si. The Morgan fingerprint density at radius 3 is 2.10 bits per heavy atom. The summed E-state index contributed by atoms with van der Waals surface area (Å²) in [6.45, 7) is 12.3. The number of cyclic esters (lactones) is 1. The van der Waals surface area contributed by atoms with Crippen molar-refractivity contribution in [2.45, 2.75) is 96.1 Å². The van der Waals surface area contributed by atoms with Gasteiger partial charge in [0.05, 0.1) is 25.9 Å². The van der Waals surface area contributed by atoms with E-state index < -0.39 is 20.5 Å². The zero-order valence-electron chi connectivity index (χ0n) is 24.3. The van der Waals surface area contributed by atoms with Gasteiger partial charge in [0.2, 0.25) is 0 Å². The van der Waals surface area contributed by atoms with Gasteiger partial charge in [0.25, 0.3) is 0 Å². The van der Waals surface area contributed by atoms with E-state index in [1.165, 1.54) is 0 Å². The smallest absolute Gasteiger partial charge is 0.306 e. The molecule has 1 aliphatic rings. The fraction of sp³-hybridized carbons (Fsp3) is 0.485. The summed E-state index contributed by atoms with van der Waals surface area (Å²) in [6.07, 6.45) is 9.81. The highest BCUT2D eigenvalue weighted by molar-refractivity contribution is 6.74. The Kier molecular flexibility index (Phi) is 12.2. The van der Waals surface area contributed by atoms with Crippen molar-refractivity contribution in [3.63, 3.8) is 0 Å². The molecule has 2 aromatic rings. The molecular weight excluding hydrogens is 504 g/mol. The Labute approximate surface area is 236 Å². The summed E-state index contributed by atoms with van der Waals surface area (Å²) in [7, 11) is -2.07. The van der Waals surface area contributed by atoms with Crippen molar-refractivity contribution in [3.05, 3.63) is 96.1 Å². The molecule has 3 atom stereocenters. The molecule has 0 spiro atoms. The highest BCUT2D eigenvalue weighted by atomic mass is 28.4. The average molecular weight is 551 g/mol. The van der Waals surface area contributed by atoms with Crippen molar-refractivity contribution in [1.82, 2.24) is 0 Å². The predicted molar refractivity (Wildman–Crippen MR) is 160 cm³/mol. The minimum absolute atomic E-state index is 0.0403. The van der Waals surface area contributed by atoms with Gasteiger partial charge in [-0.1, -0.05) is 106 Å². The van der Waals surface area contributed by atoms with Crippen LogP contribution in [-0.2, 0) is 36.6 Å². The molecule has 2 aromatic carbocycles. The van der Waals surface area contributed by atoms with Crippen LogP contribution in [0.5, 0.6) is 0 Å². The lowest BCUT2D eigenvalue weighted by atomic mass is 10.1. The maximum absolute atomic E-state index is 12.9. The molecule has 0 radical (unpaired) electrons. The fourth-order valence-electron chi connectivity index (χ4n) is 3.91. The van der Waals surface area contributed by atoms with Crippen LogP contribution in [-0.4, -0.2) is 39.2 Å². The highest BCUT2D eigenvalue weighted by Crippen LogP contribution is 2.37. The molecule has 0 amide bonds. The zero-order chi connectivity index (χ0) is 28.1. The standard InChI is InChI=1S/C33H46O5Si/c1-33(2,3)39(4,5)37-26-31-30(36-25-28-18-12-9-13-19-28)23-22-29(35-24-27-16-10-8-11-17-27)20-14-6-7-15-21-32(34)38-31/h6,8-14,16-19,22-23,29-31H,7,15,20-21,24-26H2,1-5H3/b14-6-,23-22+/t29-,30-,31+/m0/s1. The predicted octanol–water partition coefficient (Wildman–Crippen LogP) is 7.78. The molecule has 6 heteroatoms. The van der Waals surface area contributed by atoms with Crippen molar-refractivity contribution in [2.24, 2.45) is 0 Å². The lowest BCUT2D eigenvalue weighted by Gasteiger charge is -2.38. The van der Waals surface area contributed by atoms with Gasteiger partial charge in [0, 0.05) is 6.42 Å². The molecule has 0 unspecified atom stereocenters. The van der Waals surface area contributed by atoms with E-state index in [9.17, 15) is 4.79 Å². The molecule has 5 nitrogen and oxygen atoms in total. The number of ether oxygens (including phenoxy) is 3. The third-order valence-electron chi connectivity index (χ3n) is 7.46. The summed E-state index contributed by atoms with van der Waals surface area (Å²) in [5.74, 6) is -0.218. The molecule has 0 saturated heterocycles. The van der Waals surface area contributed by atoms with Crippen LogP contribution in [0.4, 0.5) is 0 Å². The Hall–Kier alpha value is -2.51. The van der Waals surface area contributed by atoms with E-state index >= 15 is 0 Å². The number of benzene rings is 2.